The lowest BCUT2D eigenvalue weighted by Crippen LogP contribution is -2.54. The molecule has 3 aliphatic heterocycles. The highest BCUT2D eigenvalue weighted by Crippen LogP contribution is 2.26. The van der Waals surface area contributed by atoms with E-state index in [0.717, 1.165) is 30.1 Å². The van der Waals surface area contributed by atoms with Crippen LogP contribution in [0.5, 0.6) is 0 Å². The molecule has 2 unspecified atom stereocenters. The maximum absolute atomic E-state index is 14.3. The van der Waals surface area contributed by atoms with Gasteiger partial charge in [0, 0.05) is 37.6 Å². The first kappa shape index (κ1) is 21.6. The van der Waals surface area contributed by atoms with Crippen molar-refractivity contribution in [1.29, 1.82) is 0 Å². The van der Waals surface area contributed by atoms with Gasteiger partial charge in [-0.05, 0) is 42.9 Å². The van der Waals surface area contributed by atoms with Gasteiger partial charge in [-0.3, -0.25) is 9.69 Å². The summed E-state index contributed by atoms with van der Waals surface area (Å²) < 4.78 is 19.8. The van der Waals surface area contributed by atoms with Gasteiger partial charge in [-0.15, -0.1) is 0 Å². The fourth-order valence-corrected chi connectivity index (χ4v) is 4.13. The van der Waals surface area contributed by atoms with Crippen molar-refractivity contribution in [2.45, 2.75) is 18.8 Å². The number of nitrogens with one attached hydrogen (secondary N) is 1. The molecule has 1 aromatic carbocycles. The van der Waals surface area contributed by atoms with E-state index in [2.05, 4.69) is 10.2 Å². The van der Waals surface area contributed by atoms with Gasteiger partial charge in [-0.25, -0.2) is 9.18 Å². The highest BCUT2D eigenvalue weighted by Gasteiger charge is 2.33. The van der Waals surface area contributed by atoms with Crippen molar-refractivity contribution in [2.75, 3.05) is 62.2 Å². The number of anilines is 2. The zero-order chi connectivity index (χ0) is 22.0. The molecule has 2 N–H and O–H groups in total. The molecule has 0 radical (unpaired) electrons. The summed E-state index contributed by atoms with van der Waals surface area (Å²) in [5.41, 5.74) is 1.50. The predicted octanol–water partition coefficient (Wildman–Crippen LogP) is 0.529. The number of aliphatic hydroxyl groups is 1. The van der Waals surface area contributed by atoms with E-state index >= 15 is 0 Å². The molecule has 11 heteroatoms. The zero-order valence-corrected chi connectivity index (χ0v) is 17.9. The Morgan fingerprint density at radius 1 is 1.16 bits per heavy atom. The van der Waals surface area contributed by atoms with Crippen LogP contribution < -0.4 is 15.1 Å². The first-order chi connectivity index (χ1) is 15.0. The molecule has 0 saturated carbocycles. The van der Waals surface area contributed by atoms with Crippen molar-refractivity contribution in [1.82, 2.24) is 15.1 Å². The lowest BCUT2D eigenvalue weighted by Gasteiger charge is -2.38. The summed E-state index contributed by atoms with van der Waals surface area (Å²) in [5.74, 6) is -0.607. The largest absolute Gasteiger partial charge is 0.442 e. The van der Waals surface area contributed by atoms with E-state index in [-0.39, 0.29) is 19.2 Å². The second kappa shape index (κ2) is 9.23. The second-order valence-electron chi connectivity index (χ2n) is 7.79. The molecule has 168 valence electrons. The van der Waals surface area contributed by atoms with Gasteiger partial charge in [0.1, 0.15) is 12.7 Å². The van der Waals surface area contributed by atoms with Crippen molar-refractivity contribution >= 4 is 40.7 Å². The van der Waals surface area contributed by atoms with Gasteiger partial charge in [0.2, 0.25) is 0 Å². The van der Waals surface area contributed by atoms with E-state index in [9.17, 15) is 14.0 Å². The van der Waals surface area contributed by atoms with Crippen LogP contribution in [0.4, 0.5) is 20.6 Å². The minimum absolute atomic E-state index is 0.0293. The molecule has 31 heavy (non-hydrogen) atoms. The first-order valence-corrected chi connectivity index (χ1v) is 10.8. The van der Waals surface area contributed by atoms with Crippen LogP contribution in [-0.2, 0) is 9.53 Å². The van der Waals surface area contributed by atoms with Crippen LogP contribution in [0.2, 0.25) is 0 Å². The topological polar surface area (TPSA) is 88.6 Å². The van der Waals surface area contributed by atoms with Gasteiger partial charge < -0.3 is 29.9 Å². The number of aliphatic hydroxyl groups excluding tert-OH is 1. The predicted molar refractivity (Wildman–Crippen MR) is 117 cm³/mol. The Hall–Kier alpha value is -2.66. The lowest BCUT2D eigenvalue weighted by molar-refractivity contribution is -0.140. The number of carbonyl (C=O) groups excluding carboxylic acids is 2. The number of likely N-dealkylation sites (tertiary alicyclic amines) is 1. The van der Waals surface area contributed by atoms with Gasteiger partial charge in [-0.1, -0.05) is 0 Å². The van der Waals surface area contributed by atoms with E-state index in [1.165, 1.54) is 0 Å². The third-order valence-electron chi connectivity index (χ3n) is 5.80. The van der Waals surface area contributed by atoms with Gasteiger partial charge in [-0.2, -0.15) is 0 Å². The van der Waals surface area contributed by atoms with Crippen LogP contribution in [0.25, 0.3) is 0 Å². The molecule has 2 amide bonds. The van der Waals surface area contributed by atoms with E-state index < -0.39 is 24.9 Å². The Labute approximate surface area is 185 Å². The standard InChI is InChI=1S/C20H26FN5O4S/c21-17-12-24(8-9-25(17)18(28)13-27)14-2-4-15(5-3-14)26-11-16(30-20(26)29)10-22-19(31)23-6-1-7-23/h2-5,16-17,27H,1,6-13H2,(H,22,31). The SMILES string of the molecule is O=C1OC(CNC(=S)N2CCC2)CN1c1ccc(N2CCN(C(=O)CO)C(F)C2)cc1. The van der Waals surface area contributed by atoms with Crippen LogP contribution in [0.1, 0.15) is 6.42 Å². The summed E-state index contributed by atoms with van der Waals surface area (Å²) in [4.78, 5) is 30.4. The van der Waals surface area contributed by atoms with Crippen molar-refractivity contribution in [3.05, 3.63) is 24.3 Å². The Balaban J connectivity index is 1.31. The highest BCUT2D eigenvalue weighted by molar-refractivity contribution is 7.80. The molecular weight excluding hydrogens is 425 g/mol. The number of ether oxygens (including phenoxy) is 1. The van der Waals surface area contributed by atoms with Crippen molar-refractivity contribution in [3.63, 3.8) is 0 Å². The zero-order valence-electron chi connectivity index (χ0n) is 17.1. The molecule has 2 atom stereocenters. The number of halogens is 1. The number of piperazine rings is 1. The van der Waals surface area contributed by atoms with Gasteiger partial charge in [0.15, 0.2) is 11.4 Å². The summed E-state index contributed by atoms with van der Waals surface area (Å²) in [6.45, 7) is 2.81. The Kier molecular flexibility index (Phi) is 6.42. The summed E-state index contributed by atoms with van der Waals surface area (Å²) in [5, 5.41) is 12.8. The summed E-state index contributed by atoms with van der Waals surface area (Å²) >= 11 is 5.32. The van der Waals surface area contributed by atoms with Gasteiger partial charge >= 0.3 is 6.09 Å². The smallest absolute Gasteiger partial charge is 0.414 e. The van der Waals surface area contributed by atoms with Crippen LogP contribution in [-0.4, -0.2) is 96.8 Å². The number of benzene rings is 1. The third kappa shape index (κ3) is 4.67. The average Bonchev–Trinajstić information content (AvgIpc) is 3.11. The fourth-order valence-electron chi connectivity index (χ4n) is 3.86. The van der Waals surface area contributed by atoms with E-state index in [1.54, 1.807) is 17.0 Å². The number of hydrogen-bond acceptors (Lipinski definition) is 6. The molecule has 3 heterocycles. The van der Waals surface area contributed by atoms with Crippen LogP contribution >= 0.6 is 12.2 Å². The maximum Gasteiger partial charge on any atom is 0.414 e. The molecule has 4 rings (SSSR count). The van der Waals surface area contributed by atoms with Crippen molar-refractivity contribution < 1.29 is 23.8 Å². The molecule has 0 aromatic heterocycles. The maximum atomic E-state index is 14.3. The summed E-state index contributed by atoms with van der Waals surface area (Å²) in [6, 6.07) is 7.25. The lowest BCUT2D eigenvalue weighted by atomic mass is 10.2. The minimum Gasteiger partial charge on any atom is -0.442 e. The number of rotatable bonds is 5. The number of carbonyl (C=O) groups is 2. The molecule has 1 aromatic rings. The fraction of sp³-hybridized carbons (Fsp3) is 0.550. The van der Waals surface area contributed by atoms with E-state index in [4.69, 9.17) is 22.1 Å². The molecule has 3 aliphatic rings. The highest BCUT2D eigenvalue weighted by atomic mass is 32.1. The molecule has 0 bridgehead atoms. The average molecular weight is 452 g/mol. The Bertz CT molecular complexity index is 837. The number of amides is 2. The normalized spacial score (nSPS) is 23.5. The molecule has 9 nitrogen and oxygen atoms in total. The van der Waals surface area contributed by atoms with Crippen molar-refractivity contribution in [2.24, 2.45) is 0 Å². The van der Waals surface area contributed by atoms with Crippen LogP contribution in [0.3, 0.4) is 0 Å². The minimum atomic E-state index is -1.47. The van der Waals surface area contributed by atoms with E-state index in [0.29, 0.717) is 30.4 Å². The molecule has 0 aliphatic carbocycles. The van der Waals surface area contributed by atoms with Crippen LogP contribution in [0.15, 0.2) is 24.3 Å². The number of cyclic esters (lactones) is 1. The number of hydrogen-bond donors (Lipinski definition) is 2. The molecular formula is C20H26FN5O4S. The number of alkyl halides is 1. The van der Waals surface area contributed by atoms with Gasteiger partial charge in [0.05, 0.1) is 19.6 Å². The quantitative estimate of drug-likeness (QED) is 0.495. The van der Waals surface area contributed by atoms with Crippen LogP contribution in [0, 0.1) is 0 Å². The Morgan fingerprint density at radius 3 is 2.48 bits per heavy atom. The summed E-state index contributed by atoms with van der Waals surface area (Å²) in [7, 11) is 0. The Morgan fingerprint density at radius 2 is 1.87 bits per heavy atom. The number of thiocarbonyl (C=S) groups is 1. The van der Waals surface area contributed by atoms with Gasteiger partial charge in [0.25, 0.3) is 5.91 Å². The van der Waals surface area contributed by atoms with E-state index in [1.807, 2.05) is 17.0 Å². The molecule has 0 spiro atoms. The molecule has 3 fully saturated rings. The number of nitrogens with zero attached hydrogens (tertiary/aromatic N) is 4. The molecule has 3 saturated heterocycles. The second-order valence-corrected chi connectivity index (χ2v) is 8.17. The summed E-state index contributed by atoms with van der Waals surface area (Å²) in [6.07, 6.45) is -1.03. The van der Waals surface area contributed by atoms with Crippen molar-refractivity contribution in [3.8, 4) is 0 Å². The third-order valence-corrected chi connectivity index (χ3v) is 6.20. The monoisotopic (exact) mass is 451 g/mol. The first-order valence-electron chi connectivity index (χ1n) is 10.4.